The molecule has 1 rings (SSSR count). The second kappa shape index (κ2) is 5.38. The van der Waals surface area contributed by atoms with Crippen LogP contribution in [-0.2, 0) is 0 Å². The summed E-state index contributed by atoms with van der Waals surface area (Å²) in [7, 11) is 1.49. The van der Waals surface area contributed by atoms with E-state index in [1.54, 1.807) is 18.2 Å². The molecule has 0 heterocycles. The molecule has 1 aromatic carbocycles. The van der Waals surface area contributed by atoms with Gasteiger partial charge in [-0.25, -0.2) is 4.79 Å². The van der Waals surface area contributed by atoms with Crippen molar-refractivity contribution in [3.8, 4) is 11.8 Å². The Morgan fingerprint density at radius 2 is 2.31 bits per heavy atom. The smallest absolute Gasteiger partial charge is 0.410 e. The first-order chi connectivity index (χ1) is 7.54. The minimum Gasteiger partial charge on any atom is -0.410 e. The average molecular weight is 239 g/mol. The third-order valence-corrected chi connectivity index (χ3v) is 2.38. The topological polar surface area (TPSA) is 53.3 Å². The number of hydrogen-bond acceptors (Lipinski definition) is 3. The molecule has 1 amide bonds. The van der Waals surface area contributed by atoms with Gasteiger partial charge >= 0.3 is 6.09 Å². The van der Waals surface area contributed by atoms with Crippen molar-refractivity contribution >= 4 is 17.7 Å². The minimum atomic E-state index is -0.566. The number of benzene rings is 1. The first-order valence-corrected chi connectivity index (χ1v) is 4.98. The van der Waals surface area contributed by atoms with Crippen LogP contribution in [0.25, 0.3) is 0 Å². The molecule has 16 heavy (non-hydrogen) atoms. The molecular weight excluding hydrogens is 228 g/mol. The highest BCUT2D eigenvalue weighted by atomic mass is 35.5. The Hall–Kier alpha value is -1.73. The number of ether oxygens (including phenoxy) is 1. The largest absolute Gasteiger partial charge is 0.415 e. The zero-order valence-electron chi connectivity index (χ0n) is 9.03. The van der Waals surface area contributed by atoms with Crippen LogP contribution in [0.15, 0.2) is 18.2 Å². The third-order valence-electron chi connectivity index (χ3n) is 1.95. The molecule has 0 saturated carbocycles. The standard InChI is InChI=1S/C11H11ClN2O2/c1-8-7-9(3-4-10(8)12)16-11(15)14(2)6-5-13/h3-4,7H,6H2,1-2H3. The molecule has 1 aromatic rings. The Kier molecular flexibility index (Phi) is 4.15. The van der Waals surface area contributed by atoms with E-state index < -0.39 is 6.09 Å². The fourth-order valence-corrected chi connectivity index (χ4v) is 1.15. The van der Waals surface area contributed by atoms with Gasteiger partial charge in [0, 0.05) is 12.1 Å². The molecule has 0 fully saturated rings. The first-order valence-electron chi connectivity index (χ1n) is 4.60. The van der Waals surface area contributed by atoms with E-state index in [1.165, 1.54) is 11.9 Å². The molecule has 0 atom stereocenters. The summed E-state index contributed by atoms with van der Waals surface area (Å²) in [5.41, 5.74) is 0.829. The van der Waals surface area contributed by atoms with Crippen LogP contribution in [-0.4, -0.2) is 24.6 Å². The molecule has 0 saturated heterocycles. The van der Waals surface area contributed by atoms with Gasteiger partial charge in [0.05, 0.1) is 6.07 Å². The van der Waals surface area contributed by atoms with Crippen molar-refractivity contribution in [2.45, 2.75) is 6.92 Å². The zero-order valence-corrected chi connectivity index (χ0v) is 9.78. The maximum Gasteiger partial charge on any atom is 0.415 e. The van der Waals surface area contributed by atoms with Crippen LogP contribution < -0.4 is 4.74 Å². The van der Waals surface area contributed by atoms with Gasteiger partial charge in [-0.3, -0.25) is 4.90 Å². The van der Waals surface area contributed by atoms with E-state index in [2.05, 4.69) is 0 Å². The number of carbonyl (C=O) groups excluding carboxylic acids is 1. The van der Waals surface area contributed by atoms with Crippen LogP contribution in [0.1, 0.15) is 5.56 Å². The molecule has 0 aliphatic heterocycles. The van der Waals surface area contributed by atoms with E-state index in [9.17, 15) is 4.79 Å². The van der Waals surface area contributed by atoms with E-state index in [0.717, 1.165) is 5.56 Å². The maximum atomic E-state index is 11.4. The molecule has 0 bridgehead atoms. The summed E-state index contributed by atoms with van der Waals surface area (Å²) in [6, 6.07) is 6.79. The van der Waals surface area contributed by atoms with Crippen molar-refractivity contribution in [1.82, 2.24) is 4.90 Å². The number of hydrogen-bond donors (Lipinski definition) is 0. The van der Waals surface area contributed by atoms with Crippen molar-refractivity contribution in [2.24, 2.45) is 0 Å². The predicted molar refractivity (Wildman–Crippen MR) is 60.5 cm³/mol. The van der Waals surface area contributed by atoms with Gasteiger partial charge in [-0.05, 0) is 30.7 Å². The number of halogens is 1. The van der Waals surface area contributed by atoms with Crippen LogP contribution >= 0.6 is 11.6 Å². The summed E-state index contributed by atoms with van der Waals surface area (Å²) in [6.07, 6.45) is -0.566. The predicted octanol–water partition coefficient (Wildman–Crippen LogP) is 2.60. The van der Waals surface area contributed by atoms with E-state index in [0.29, 0.717) is 10.8 Å². The molecule has 0 aliphatic carbocycles. The monoisotopic (exact) mass is 238 g/mol. The maximum absolute atomic E-state index is 11.4. The van der Waals surface area contributed by atoms with E-state index in [1.807, 2.05) is 13.0 Å². The Balaban J connectivity index is 2.70. The molecular formula is C11H11ClN2O2. The lowest BCUT2D eigenvalue weighted by molar-refractivity contribution is 0.168. The number of aryl methyl sites for hydroxylation is 1. The number of nitriles is 1. The molecule has 5 heteroatoms. The Morgan fingerprint density at radius 1 is 1.62 bits per heavy atom. The fourth-order valence-electron chi connectivity index (χ4n) is 1.03. The van der Waals surface area contributed by atoms with Gasteiger partial charge in [0.25, 0.3) is 0 Å². The van der Waals surface area contributed by atoms with Crippen molar-refractivity contribution in [1.29, 1.82) is 5.26 Å². The molecule has 0 spiro atoms. The van der Waals surface area contributed by atoms with Crippen molar-refractivity contribution in [3.05, 3.63) is 28.8 Å². The van der Waals surface area contributed by atoms with Gasteiger partial charge in [0.1, 0.15) is 12.3 Å². The van der Waals surface area contributed by atoms with E-state index in [-0.39, 0.29) is 6.54 Å². The van der Waals surface area contributed by atoms with Crippen LogP contribution in [0.5, 0.6) is 5.75 Å². The highest BCUT2D eigenvalue weighted by molar-refractivity contribution is 6.31. The van der Waals surface area contributed by atoms with Crippen LogP contribution in [0.4, 0.5) is 4.79 Å². The third kappa shape index (κ3) is 3.14. The summed E-state index contributed by atoms with van der Waals surface area (Å²) in [6.45, 7) is 1.81. The molecule has 0 aliphatic rings. The van der Waals surface area contributed by atoms with Crippen molar-refractivity contribution in [3.63, 3.8) is 0 Å². The van der Waals surface area contributed by atoms with Crippen LogP contribution in [0.2, 0.25) is 5.02 Å². The minimum absolute atomic E-state index is 0.00853. The Labute approximate surface area is 99.0 Å². The lowest BCUT2D eigenvalue weighted by atomic mass is 10.2. The normalized spacial score (nSPS) is 9.38. The number of carbonyl (C=O) groups is 1. The van der Waals surface area contributed by atoms with Crippen LogP contribution in [0, 0.1) is 18.3 Å². The number of nitrogens with zero attached hydrogens (tertiary/aromatic N) is 2. The highest BCUT2D eigenvalue weighted by Gasteiger charge is 2.10. The number of amides is 1. The van der Waals surface area contributed by atoms with Gasteiger partial charge < -0.3 is 4.74 Å². The Morgan fingerprint density at radius 3 is 2.88 bits per heavy atom. The molecule has 0 unspecified atom stereocenters. The van der Waals surface area contributed by atoms with Crippen molar-refractivity contribution < 1.29 is 9.53 Å². The Bertz CT molecular complexity index is 440. The summed E-state index contributed by atoms with van der Waals surface area (Å²) in [4.78, 5) is 12.6. The summed E-state index contributed by atoms with van der Waals surface area (Å²) in [5.74, 6) is 0.414. The van der Waals surface area contributed by atoms with Crippen LogP contribution in [0.3, 0.4) is 0 Å². The quantitative estimate of drug-likeness (QED) is 0.745. The van der Waals surface area contributed by atoms with Gasteiger partial charge in [0.2, 0.25) is 0 Å². The van der Waals surface area contributed by atoms with E-state index >= 15 is 0 Å². The highest BCUT2D eigenvalue weighted by Crippen LogP contribution is 2.21. The van der Waals surface area contributed by atoms with Gasteiger partial charge in [-0.15, -0.1) is 0 Å². The van der Waals surface area contributed by atoms with Gasteiger partial charge in [-0.2, -0.15) is 5.26 Å². The van der Waals surface area contributed by atoms with Gasteiger partial charge in [-0.1, -0.05) is 11.6 Å². The van der Waals surface area contributed by atoms with Crippen molar-refractivity contribution in [2.75, 3.05) is 13.6 Å². The summed E-state index contributed by atoms with van der Waals surface area (Å²) < 4.78 is 5.04. The number of rotatable bonds is 2. The molecule has 0 N–H and O–H groups in total. The zero-order chi connectivity index (χ0) is 12.1. The second-order valence-electron chi connectivity index (χ2n) is 3.29. The second-order valence-corrected chi connectivity index (χ2v) is 3.70. The van der Waals surface area contributed by atoms with E-state index in [4.69, 9.17) is 21.6 Å². The lowest BCUT2D eigenvalue weighted by Crippen LogP contribution is -2.29. The van der Waals surface area contributed by atoms with Gasteiger partial charge in [0.15, 0.2) is 0 Å². The first kappa shape index (κ1) is 12.3. The summed E-state index contributed by atoms with van der Waals surface area (Å²) in [5, 5.41) is 9.03. The molecule has 4 nitrogen and oxygen atoms in total. The molecule has 0 aromatic heterocycles. The molecule has 84 valence electrons. The lowest BCUT2D eigenvalue weighted by Gasteiger charge is -2.13. The fraction of sp³-hybridized carbons (Fsp3) is 0.273. The SMILES string of the molecule is Cc1cc(OC(=O)N(C)CC#N)ccc1Cl. The molecule has 0 radical (unpaired) electrons. The average Bonchev–Trinajstić information content (AvgIpc) is 2.24. The summed E-state index contributed by atoms with van der Waals surface area (Å²) >= 11 is 5.84.